The SMILES string of the molecule is CCC(C)N(C)CCNCc1ccccc1COC. The van der Waals surface area contributed by atoms with Crippen molar-refractivity contribution in [3.63, 3.8) is 0 Å². The molecule has 1 aromatic rings. The summed E-state index contributed by atoms with van der Waals surface area (Å²) >= 11 is 0. The molecule has 0 fully saturated rings. The summed E-state index contributed by atoms with van der Waals surface area (Å²) in [7, 11) is 3.93. The van der Waals surface area contributed by atoms with Crippen LogP contribution in [0.2, 0.25) is 0 Å². The Kier molecular flexibility index (Phi) is 7.72. The third-order valence-corrected chi connectivity index (χ3v) is 3.72. The van der Waals surface area contributed by atoms with Gasteiger partial charge in [0.15, 0.2) is 0 Å². The Hall–Kier alpha value is -0.900. The summed E-state index contributed by atoms with van der Waals surface area (Å²) in [5.41, 5.74) is 2.60. The summed E-state index contributed by atoms with van der Waals surface area (Å²) in [6, 6.07) is 9.10. The third kappa shape index (κ3) is 5.72. The Bertz CT molecular complexity index is 354. The summed E-state index contributed by atoms with van der Waals surface area (Å²) in [5, 5.41) is 3.51. The van der Waals surface area contributed by atoms with Crippen LogP contribution in [0.5, 0.6) is 0 Å². The molecule has 0 spiro atoms. The number of nitrogens with zero attached hydrogens (tertiary/aromatic N) is 1. The molecule has 1 aromatic carbocycles. The van der Waals surface area contributed by atoms with Crippen LogP contribution >= 0.6 is 0 Å². The number of likely N-dealkylation sites (N-methyl/N-ethyl adjacent to an activating group) is 1. The Labute approximate surface area is 118 Å². The van der Waals surface area contributed by atoms with Crippen LogP contribution in [0.25, 0.3) is 0 Å². The van der Waals surface area contributed by atoms with Gasteiger partial charge in [0.1, 0.15) is 0 Å². The zero-order valence-electron chi connectivity index (χ0n) is 12.8. The number of nitrogens with one attached hydrogen (secondary N) is 1. The molecule has 0 saturated carbocycles. The molecule has 1 atom stereocenters. The van der Waals surface area contributed by atoms with Crippen molar-refractivity contribution in [3.05, 3.63) is 35.4 Å². The van der Waals surface area contributed by atoms with Gasteiger partial charge in [0.05, 0.1) is 6.61 Å². The minimum absolute atomic E-state index is 0.655. The van der Waals surface area contributed by atoms with Gasteiger partial charge in [-0.15, -0.1) is 0 Å². The van der Waals surface area contributed by atoms with Gasteiger partial charge in [-0.25, -0.2) is 0 Å². The first kappa shape index (κ1) is 16.2. The van der Waals surface area contributed by atoms with Crippen molar-refractivity contribution in [1.82, 2.24) is 10.2 Å². The molecule has 1 rings (SSSR count). The van der Waals surface area contributed by atoms with Crippen LogP contribution in [0.15, 0.2) is 24.3 Å². The summed E-state index contributed by atoms with van der Waals surface area (Å²) in [5.74, 6) is 0. The van der Waals surface area contributed by atoms with Crippen molar-refractivity contribution in [2.24, 2.45) is 0 Å². The number of methoxy groups -OCH3 is 1. The van der Waals surface area contributed by atoms with Crippen LogP contribution in [-0.4, -0.2) is 38.2 Å². The average Bonchev–Trinajstić information content (AvgIpc) is 2.44. The highest BCUT2D eigenvalue weighted by Gasteiger charge is 2.06. The van der Waals surface area contributed by atoms with Gasteiger partial charge in [-0.05, 0) is 31.5 Å². The molecule has 3 heteroatoms. The monoisotopic (exact) mass is 264 g/mol. The van der Waals surface area contributed by atoms with E-state index < -0.39 is 0 Å². The highest BCUT2D eigenvalue weighted by molar-refractivity contribution is 5.26. The minimum Gasteiger partial charge on any atom is -0.380 e. The second kappa shape index (κ2) is 9.08. The molecule has 0 heterocycles. The van der Waals surface area contributed by atoms with Gasteiger partial charge < -0.3 is 15.0 Å². The normalized spacial score (nSPS) is 12.9. The molecule has 0 aliphatic carbocycles. The van der Waals surface area contributed by atoms with Crippen LogP contribution < -0.4 is 5.32 Å². The maximum atomic E-state index is 5.22. The minimum atomic E-state index is 0.655. The molecule has 1 N–H and O–H groups in total. The molecule has 19 heavy (non-hydrogen) atoms. The number of hydrogen-bond donors (Lipinski definition) is 1. The van der Waals surface area contributed by atoms with Crippen molar-refractivity contribution in [2.45, 2.75) is 39.5 Å². The molecule has 3 nitrogen and oxygen atoms in total. The van der Waals surface area contributed by atoms with Crippen molar-refractivity contribution in [2.75, 3.05) is 27.2 Å². The van der Waals surface area contributed by atoms with E-state index in [2.05, 4.69) is 55.4 Å². The first-order valence-corrected chi connectivity index (χ1v) is 7.15. The zero-order chi connectivity index (χ0) is 14.1. The number of rotatable bonds is 9. The number of hydrogen-bond acceptors (Lipinski definition) is 3. The molecule has 108 valence electrons. The van der Waals surface area contributed by atoms with Crippen LogP contribution in [0, 0.1) is 0 Å². The van der Waals surface area contributed by atoms with Crippen LogP contribution in [0.3, 0.4) is 0 Å². The van der Waals surface area contributed by atoms with Crippen LogP contribution in [-0.2, 0) is 17.9 Å². The van der Waals surface area contributed by atoms with E-state index in [-0.39, 0.29) is 0 Å². The van der Waals surface area contributed by atoms with Gasteiger partial charge in [0, 0.05) is 32.8 Å². The van der Waals surface area contributed by atoms with Gasteiger partial charge in [-0.1, -0.05) is 31.2 Å². The van der Waals surface area contributed by atoms with E-state index in [1.54, 1.807) is 7.11 Å². The lowest BCUT2D eigenvalue weighted by Gasteiger charge is -2.23. The standard InChI is InChI=1S/C16H28N2O/c1-5-14(2)18(3)11-10-17-12-15-8-6-7-9-16(15)13-19-4/h6-9,14,17H,5,10-13H2,1-4H3. The topological polar surface area (TPSA) is 24.5 Å². The van der Waals surface area contributed by atoms with Crippen LogP contribution in [0.1, 0.15) is 31.4 Å². The summed E-state index contributed by atoms with van der Waals surface area (Å²) in [6.45, 7) is 8.20. The highest BCUT2D eigenvalue weighted by Crippen LogP contribution is 2.09. The van der Waals surface area contributed by atoms with E-state index in [1.165, 1.54) is 17.5 Å². The number of ether oxygens (including phenoxy) is 1. The quantitative estimate of drug-likeness (QED) is 0.694. The lowest BCUT2D eigenvalue weighted by molar-refractivity contribution is 0.184. The predicted molar refractivity (Wildman–Crippen MR) is 81.2 cm³/mol. The average molecular weight is 264 g/mol. The molecule has 0 saturated heterocycles. The first-order chi connectivity index (χ1) is 9.19. The summed E-state index contributed by atoms with van der Waals surface area (Å²) in [4.78, 5) is 2.40. The fourth-order valence-corrected chi connectivity index (χ4v) is 2.04. The van der Waals surface area contributed by atoms with E-state index >= 15 is 0 Å². The maximum Gasteiger partial charge on any atom is 0.0716 e. The Morgan fingerprint density at radius 1 is 1.26 bits per heavy atom. The van der Waals surface area contributed by atoms with Gasteiger partial charge in [0.2, 0.25) is 0 Å². The molecule has 0 amide bonds. The van der Waals surface area contributed by atoms with E-state index in [9.17, 15) is 0 Å². The van der Waals surface area contributed by atoms with Crippen molar-refractivity contribution in [1.29, 1.82) is 0 Å². The molecular weight excluding hydrogens is 236 g/mol. The molecular formula is C16H28N2O. The van der Waals surface area contributed by atoms with E-state index in [1.807, 2.05) is 0 Å². The molecule has 0 radical (unpaired) electrons. The summed E-state index contributed by atoms with van der Waals surface area (Å²) < 4.78 is 5.22. The summed E-state index contributed by atoms with van der Waals surface area (Å²) in [6.07, 6.45) is 1.20. The zero-order valence-corrected chi connectivity index (χ0v) is 12.8. The maximum absolute atomic E-state index is 5.22. The molecule has 0 aliphatic heterocycles. The van der Waals surface area contributed by atoms with Gasteiger partial charge in [-0.3, -0.25) is 0 Å². The molecule has 0 aromatic heterocycles. The van der Waals surface area contributed by atoms with Crippen LogP contribution in [0.4, 0.5) is 0 Å². The smallest absolute Gasteiger partial charge is 0.0716 e. The Morgan fingerprint density at radius 3 is 2.58 bits per heavy atom. The van der Waals surface area contributed by atoms with Crippen molar-refractivity contribution < 1.29 is 4.74 Å². The second-order valence-electron chi connectivity index (χ2n) is 5.12. The van der Waals surface area contributed by atoms with E-state index in [0.29, 0.717) is 12.6 Å². The lowest BCUT2D eigenvalue weighted by atomic mass is 10.1. The number of benzene rings is 1. The van der Waals surface area contributed by atoms with E-state index in [4.69, 9.17) is 4.74 Å². The van der Waals surface area contributed by atoms with Crippen molar-refractivity contribution >= 4 is 0 Å². The third-order valence-electron chi connectivity index (χ3n) is 3.72. The largest absolute Gasteiger partial charge is 0.380 e. The molecule has 0 aliphatic rings. The first-order valence-electron chi connectivity index (χ1n) is 7.15. The van der Waals surface area contributed by atoms with E-state index in [0.717, 1.165) is 19.6 Å². The fraction of sp³-hybridized carbons (Fsp3) is 0.625. The van der Waals surface area contributed by atoms with Crippen molar-refractivity contribution in [3.8, 4) is 0 Å². The molecule has 0 bridgehead atoms. The fourth-order valence-electron chi connectivity index (χ4n) is 2.04. The van der Waals surface area contributed by atoms with Gasteiger partial charge in [-0.2, -0.15) is 0 Å². The Balaban J connectivity index is 2.33. The predicted octanol–water partition coefficient (Wildman–Crippen LogP) is 2.65. The second-order valence-corrected chi connectivity index (χ2v) is 5.12. The van der Waals surface area contributed by atoms with Gasteiger partial charge >= 0.3 is 0 Å². The molecule has 1 unspecified atom stereocenters. The van der Waals surface area contributed by atoms with Gasteiger partial charge in [0.25, 0.3) is 0 Å². The lowest BCUT2D eigenvalue weighted by Crippen LogP contribution is -2.34. The highest BCUT2D eigenvalue weighted by atomic mass is 16.5. The Morgan fingerprint density at radius 2 is 1.95 bits per heavy atom.